The number of imide groups is 1. The van der Waals surface area contributed by atoms with E-state index in [1.54, 1.807) is 30.1 Å². The zero-order valence-corrected chi connectivity index (χ0v) is 7.44. The average molecular weight is 192 g/mol. The highest BCUT2D eigenvalue weighted by molar-refractivity contribution is 6.13. The molecule has 0 saturated carbocycles. The third kappa shape index (κ3) is 1.37. The Morgan fingerprint density at radius 3 is 2.71 bits per heavy atom. The molecule has 2 rings (SSSR count). The Bertz CT molecular complexity index is 432. The second-order valence-electron chi connectivity index (χ2n) is 2.85. The molecule has 0 aliphatic carbocycles. The van der Waals surface area contributed by atoms with Crippen LogP contribution in [0.3, 0.4) is 0 Å². The van der Waals surface area contributed by atoms with Crippen molar-refractivity contribution in [2.45, 2.75) is 0 Å². The molecular formula is C8H8N4O2. The lowest BCUT2D eigenvalue weighted by molar-refractivity contribution is -0.115. The van der Waals surface area contributed by atoms with Gasteiger partial charge in [-0.15, -0.1) is 0 Å². The molecule has 0 radical (unpaired) electrons. The monoisotopic (exact) mass is 192 g/mol. The van der Waals surface area contributed by atoms with Crippen molar-refractivity contribution < 1.29 is 9.59 Å². The van der Waals surface area contributed by atoms with E-state index < -0.39 is 11.9 Å². The van der Waals surface area contributed by atoms with Crippen molar-refractivity contribution in [3.63, 3.8) is 0 Å². The van der Waals surface area contributed by atoms with Gasteiger partial charge in [-0.25, -0.2) is 4.79 Å². The maximum Gasteiger partial charge on any atom is 0.326 e. The quantitative estimate of drug-likeness (QED) is 0.469. The Hall–Kier alpha value is -2.11. The molecule has 1 saturated heterocycles. The lowest BCUT2D eigenvalue weighted by Crippen LogP contribution is -2.22. The number of aromatic nitrogens is 2. The first-order valence-corrected chi connectivity index (χ1v) is 3.99. The second-order valence-corrected chi connectivity index (χ2v) is 2.85. The molecule has 6 heteroatoms. The summed E-state index contributed by atoms with van der Waals surface area (Å²) in [7, 11) is 1.75. The SMILES string of the molecule is Cn1nccc1C=C1NC(=O)NC1=O. The lowest BCUT2D eigenvalue weighted by Gasteiger charge is -1.95. The normalized spacial score (nSPS) is 18.5. The number of carbonyl (C=O) groups excluding carboxylic acids is 2. The molecule has 2 N–H and O–H groups in total. The van der Waals surface area contributed by atoms with Crippen molar-refractivity contribution >= 4 is 18.0 Å². The minimum Gasteiger partial charge on any atom is -0.303 e. The molecule has 72 valence electrons. The predicted octanol–water partition coefficient (Wildman–Crippen LogP) is -0.400. The largest absolute Gasteiger partial charge is 0.326 e. The number of carbonyl (C=O) groups is 2. The summed E-state index contributed by atoms with van der Waals surface area (Å²) in [5, 5.41) is 8.43. The summed E-state index contributed by atoms with van der Waals surface area (Å²) in [5.41, 5.74) is 0.982. The van der Waals surface area contributed by atoms with Crippen molar-refractivity contribution in [3.05, 3.63) is 23.7 Å². The summed E-state index contributed by atoms with van der Waals surface area (Å²) in [6.07, 6.45) is 3.17. The second kappa shape index (κ2) is 2.99. The first kappa shape index (κ1) is 8.49. The molecule has 3 amide bonds. The number of rotatable bonds is 1. The van der Waals surface area contributed by atoms with Gasteiger partial charge in [0.25, 0.3) is 5.91 Å². The first-order valence-electron chi connectivity index (χ1n) is 3.99. The van der Waals surface area contributed by atoms with Crippen molar-refractivity contribution in [2.24, 2.45) is 7.05 Å². The van der Waals surface area contributed by atoms with Crippen LogP contribution in [0.2, 0.25) is 0 Å². The van der Waals surface area contributed by atoms with E-state index in [0.717, 1.165) is 5.69 Å². The maximum absolute atomic E-state index is 11.1. The van der Waals surface area contributed by atoms with Crippen molar-refractivity contribution in [1.29, 1.82) is 0 Å². The van der Waals surface area contributed by atoms with Gasteiger partial charge in [0, 0.05) is 13.2 Å². The average Bonchev–Trinajstić information content (AvgIpc) is 2.62. The van der Waals surface area contributed by atoms with Crippen LogP contribution in [-0.2, 0) is 11.8 Å². The highest BCUT2D eigenvalue weighted by Crippen LogP contribution is 2.06. The maximum atomic E-state index is 11.1. The summed E-state index contributed by atoms with van der Waals surface area (Å²) in [6, 6.07) is 1.24. The summed E-state index contributed by atoms with van der Waals surface area (Å²) < 4.78 is 1.60. The van der Waals surface area contributed by atoms with Crippen LogP contribution in [-0.4, -0.2) is 21.7 Å². The van der Waals surface area contributed by atoms with E-state index in [2.05, 4.69) is 15.7 Å². The lowest BCUT2D eigenvalue weighted by atomic mass is 10.3. The van der Waals surface area contributed by atoms with E-state index in [1.165, 1.54) is 0 Å². The molecule has 1 fully saturated rings. The van der Waals surface area contributed by atoms with Crippen LogP contribution in [0, 0.1) is 0 Å². The van der Waals surface area contributed by atoms with Crippen LogP contribution < -0.4 is 10.6 Å². The van der Waals surface area contributed by atoms with E-state index in [4.69, 9.17) is 0 Å². The highest BCUT2D eigenvalue weighted by atomic mass is 16.2. The van der Waals surface area contributed by atoms with Crippen molar-refractivity contribution in [1.82, 2.24) is 20.4 Å². The van der Waals surface area contributed by atoms with Crippen LogP contribution in [0.4, 0.5) is 4.79 Å². The van der Waals surface area contributed by atoms with E-state index in [9.17, 15) is 9.59 Å². The van der Waals surface area contributed by atoms with Gasteiger partial charge in [-0.2, -0.15) is 5.10 Å². The molecule has 0 spiro atoms. The number of amides is 3. The van der Waals surface area contributed by atoms with E-state index in [1.807, 2.05) is 0 Å². The summed E-state index contributed by atoms with van der Waals surface area (Å²) in [4.78, 5) is 21.9. The van der Waals surface area contributed by atoms with Crippen molar-refractivity contribution in [2.75, 3.05) is 0 Å². The van der Waals surface area contributed by atoms with E-state index in [0.29, 0.717) is 0 Å². The number of nitrogens with one attached hydrogen (secondary N) is 2. The number of aryl methyl sites for hydroxylation is 1. The van der Waals surface area contributed by atoms with Gasteiger partial charge in [-0.1, -0.05) is 0 Å². The van der Waals surface area contributed by atoms with Crippen LogP contribution in [0.1, 0.15) is 5.69 Å². The summed E-state index contributed by atoms with van der Waals surface area (Å²) >= 11 is 0. The number of nitrogens with zero attached hydrogens (tertiary/aromatic N) is 2. The van der Waals surface area contributed by atoms with Gasteiger partial charge in [-0.3, -0.25) is 14.8 Å². The summed E-state index contributed by atoms with van der Waals surface area (Å²) in [5.74, 6) is -0.420. The van der Waals surface area contributed by atoms with Crippen LogP contribution in [0.25, 0.3) is 6.08 Å². The molecule has 0 atom stereocenters. The van der Waals surface area contributed by atoms with Gasteiger partial charge in [0.15, 0.2) is 0 Å². The molecule has 0 bridgehead atoms. The number of urea groups is 1. The predicted molar refractivity (Wildman–Crippen MR) is 47.9 cm³/mol. The van der Waals surface area contributed by atoms with Crippen LogP contribution in [0.5, 0.6) is 0 Å². The molecule has 1 aromatic rings. The van der Waals surface area contributed by atoms with Gasteiger partial charge in [0.1, 0.15) is 5.70 Å². The topological polar surface area (TPSA) is 76.0 Å². The van der Waals surface area contributed by atoms with Gasteiger partial charge in [-0.05, 0) is 12.1 Å². The molecule has 14 heavy (non-hydrogen) atoms. The van der Waals surface area contributed by atoms with E-state index in [-0.39, 0.29) is 5.70 Å². The molecule has 1 aromatic heterocycles. The van der Waals surface area contributed by atoms with Crippen LogP contribution in [0.15, 0.2) is 18.0 Å². The number of hydrogen-bond acceptors (Lipinski definition) is 3. The smallest absolute Gasteiger partial charge is 0.303 e. The molecular weight excluding hydrogens is 184 g/mol. The zero-order valence-electron chi connectivity index (χ0n) is 7.44. The first-order chi connectivity index (χ1) is 6.66. The molecule has 6 nitrogen and oxygen atoms in total. The number of hydrogen-bond donors (Lipinski definition) is 2. The Labute approximate surface area is 79.6 Å². The Kier molecular flexibility index (Phi) is 1.81. The molecule has 2 heterocycles. The van der Waals surface area contributed by atoms with Gasteiger partial charge in [0.05, 0.1) is 5.69 Å². The standard InChI is InChI=1S/C8H8N4O2/c1-12-5(2-3-9-12)4-6-7(13)11-8(14)10-6/h2-4H,1H3,(H2,10,11,13,14). The molecule has 0 unspecified atom stereocenters. The third-order valence-electron chi connectivity index (χ3n) is 1.87. The van der Waals surface area contributed by atoms with Gasteiger partial charge >= 0.3 is 6.03 Å². The minimum atomic E-state index is -0.497. The Balaban J connectivity index is 2.32. The van der Waals surface area contributed by atoms with Gasteiger partial charge in [0.2, 0.25) is 0 Å². The Morgan fingerprint density at radius 1 is 1.43 bits per heavy atom. The van der Waals surface area contributed by atoms with Crippen molar-refractivity contribution in [3.8, 4) is 0 Å². The molecule has 1 aliphatic heterocycles. The zero-order chi connectivity index (χ0) is 10.1. The Morgan fingerprint density at radius 2 is 2.21 bits per heavy atom. The molecule has 0 aromatic carbocycles. The van der Waals surface area contributed by atoms with Gasteiger partial charge < -0.3 is 5.32 Å². The summed E-state index contributed by atoms with van der Waals surface area (Å²) in [6.45, 7) is 0. The fraction of sp³-hybridized carbons (Fsp3) is 0.125. The van der Waals surface area contributed by atoms with E-state index >= 15 is 0 Å². The van der Waals surface area contributed by atoms with Crippen LogP contribution >= 0.6 is 0 Å². The third-order valence-corrected chi connectivity index (χ3v) is 1.87. The highest BCUT2D eigenvalue weighted by Gasteiger charge is 2.22. The fourth-order valence-corrected chi connectivity index (χ4v) is 1.16. The molecule has 1 aliphatic rings. The fourth-order valence-electron chi connectivity index (χ4n) is 1.16. The minimum absolute atomic E-state index is 0.235.